The Labute approximate surface area is 182 Å². The van der Waals surface area contributed by atoms with Gasteiger partial charge in [0.15, 0.2) is 10.7 Å². The molecule has 0 saturated carbocycles. The van der Waals surface area contributed by atoms with Crippen molar-refractivity contribution in [1.82, 2.24) is 5.16 Å². The van der Waals surface area contributed by atoms with Gasteiger partial charge in [-0.2, -0.15) is 13.2 Å². The van der Waals surface area contributed by atoms with Gasteiger partial charge in [0, 0.05) is 5.69 Å². The molecule has 1 aromatic heterocycles. The molecular weight excluding hydrogens is 471 g/mol. The van der Waals surface area contributed by atoms with Gasteiger partial charge >= 0.3 is 6.18 Å². The Balaban J connectivity index is 1.94. The normalized spacial score (nSPS) is 12.6. The van der Waals surface area contributed by atoms with E-state index in [9.17, 15) is 30.0 Å². The number of benzene rings is 2. The number of halogens is 3. The molecule has 0 radical (unpaired) electrons. The lowest BCUT2D eigenvalue weighted by Crippen LogP contribution is -2.17. The van der Waals surface area contributed by atoms with Crippen LogP contribution in [-0.2, 0) is 26.2 Å². The first-order chi connectivity index (χ1) is 14.7. The van der Waals surface area contributed by atoms with Gasteiger partial charge in [-0.25, -0.2) is 16.8 Å². The summed E-state index contributed by atoms with van der Waals surface area (Å²) in [5.41, 5.74) is -0.800. The van der Waals surface area contributed by atoms with Crippen molar-refractivity contribution in [2.75, 3.05) is 9.44 Å². The van der Waals surface area contributed by atoms with Crippen LogP contribution in [0.25, 0.3) is 0 Å². The van der Waals surface area contributed by atoms with E-state index in [0.717, 1.165) is 18.2 Å². The molecule has 0 amide bonds. The largest absolute Gasteiger partial charge is 0.416 e. The lowest BCUT2D eigenvalue weighted by molar-refractivity contribution is -0.137. The highest BCUT2D eigenvalue weighted by atomic mass is 32.2. The zero-order valence-electron chi connectivity index (χ0n) is 17.0. The van der Waals surface area contributed by atoms with E-state index in [2.05, 4.69) is 14.6 Å². The van der Waals surface area contributed by atoms with E-state index in [1.54, 1.807) is 6.92 Å². The second-order valence-corrected chi connectivity index (χ2v) is 10.2. The number of aryl methyl sites for hydroxylation is 3. The molecule has 0 saturated heterocycles. The van der Waals surface area contributed by atoms with Crippen molar-refractivity contribution in [1.29, 1.82) is 0 Å². The minimum atomic E-state index is -4.64. The van der Waals surface area contributed by atoms with Gasteiger partial charge < -0.3 is 4.52 Å². The van der Waals surface area contributed by atoms with Gasteiger partial charge in [0.05, 0.1) is 16.1 Å². The lowest BCUT2D eigenvalue weighted by Gasteiger charge is -2.14. The van der Waals surface area contributed by atoms with Crippen molar-refractivity contribution in [3.05, 3.63) is 65.0 Å². The number of hydrogen-bond acceptors (Lipinski definition) is 6. The summed E-state index contributed by atoms with van der Waals surface area (Å²) in [6, 6.07) is 7.35. The first-order valence-electron chi connectivity index (χ1n) is 8.97. The topological polar surface area (TPSA) is 118 Å². The van der Waals surface area contributed by atoms with Crippen molar-refractivity contribution in [3.63, 3.8) is 0 Å². The van der Waals surface area contributed by atoms with Gasteiger partial charge in [-0.15, -0.1) is 0 Å². The van der Waals surface area contributed by atoms with Gasteiger partial charge in [-0.3, -0.25) is 9.44 Å². The van der Waals surface area contributed by atoms with Crippen LogP contribution >= 0.6 is 0 Å². The highest BCUT2D eigenvalue weighted by molar-refractivity contribution is 7.93. The second kappa shape index (κ2) is 8.13. The third kappa shape index (κ3) is 4.88. The summed E-state index contributed by atoms with van der Waals surface area (Å²) >= 11 is 0. The number of hydrogen-bond donors (Lipinski definition) is 2. The van der Waals surface area contributed by atoms with Gasteiger partial charge in [0.1, 0.15) is 5.69 Å². The molecule has 8 nitrogen and oxygen atoms in total. The number of nitrogens with one attached hydrogen (secondary N) is 2. The van der Waals surface area contributed by atoms with Gasteiger partial charge in [-0.1, -0.05) is 17.3 Å². The summed E-state index contributed by atoms with van der Waals surface area (Å²) in [4.78, 5) is -0.524. The monoisotopic (exact) mass is 489 g/mol. The van der Waals surface area contributed by atoms with E-state index in [1.165, 1.54) is 32.0 Å². The quantitative estimate of drug-likeness (QED) is 0.535. The molecule has 0 unspecified atom stereocenters. The van der Waals surface area contributed by atoms with E-state index in [-0.39, 0.29) is 32.6 Å². The van der Waals surface area contributed by atoms with Crippen LogP contribution in [0.15, 0.2) is 56.8 Å². The van der Waals surface area contributed by atoms with Crippen LogP contribution in [0.2, 0.25) is 0 Å². The Bertz CT molecular complexity index is 1360. The Hall–Kier alpha value is -3.06. The molecule has 2 aromatic carbocycles. The molecule has 13 heteroatoms. The molecule has 0 spiro atoms. The standard InChI is InChI=1S/C19H18F3N3O5S2/c1-11-7-8-16(10-17(11)25-32(28,29)18-12(2)23-30-13(18)3)31(26,27)24-15-6-4-5-14(9-15)19(20,21)22/h4-10,24-25H,1-3H3. The fourth-order valence-electron chi connectivity index (χ4n) is 2.91. The average molecular weight is 489 g/mol. The van der Waals surface area contributed by atoms with Crippen LogP contribution in [0, 0.1) is 20.8 Å². The van der Waals surface area contributed by atoms with Crippen molar-refractivity contribution in [2.45, 2.75) is 36.7 Å². The maximum atomic E-state index is 12.9. The number of nitrogens with zero attached hydrogens (tertiary/aromatic N) is 1. The SMILES string of the molecule is Cc1ccc(S(=O)(=O)Nc2cccc(C(F)(F)F)c2)cc1NS(=O)(=O)c1c(C)noc1C. The third-order valence-corrected chi connectivity index (χ3v) is 7.43. The van der Waals surface area contributed by atoms with Gasteiger partial charge in [0.2, 0.25) is 0 Å². The number of alkyl halides is 3. The summed E-state index contributed by atoms with van der Waals surface area (Å²) in [5, 5.41) is 3.59. The summed E-state index contributed by atoms with van der Waals surface area (Å²) in [7, 11) is -8.47. The maximum Gasteiger partial charge on any atom is 0.416 e. The minimum Gasteiger partial charge on any atom is -0.360 e. The Morgan fingerprint density at radius 3 is 2.19 bits per heavy atom. The van der Waals surface area contributed by atoms with Crippen LogP contribution in [0.3, 0.4) is 0 Å². The molecular formula is C19H18F3N3O5S2. The molecule has 2 N–H and O–H groups in total. The first kappa shape index (κ1) is 23.6. The fraction of sp³-hybridized carbons (Fsp3) is 0.211. The van der Waals surface area contributed by atoms with E-state index >= 15 is 0 Å². The van der Waals surface area contributed by atoms with Crippen LogP contribution in [0.4, 0.5) is 24.5 Å². The predicted octanol–water partition coefficient (Wildman–Crippen LogP) is 4.22. The molecule has 1 heterocycles. The first-order valence-corrected chi connectivity index (χ1v) is 11.9. The number of sulfonamides is 2. The molecule has 3 aromatic rings. The van der Waals surface area contributed by atoms with Crippen LogP contribution < -0.4 is 9.44 Å². The van der Waals surface area contributed by atoms with E-state index in [4.69, 9.17) is 4.52 Å². The molecule has 0 atom stereocenters. The summed E-state index contributed by atoms with van der Waals surface area (Å²) < 4.78 is 98.9. The molecule has 3 rings (SSSR count). The van der Waals surface area contributed by atoms with Gasteiger partial charge in [-0.05, 0) is 56.7 Å². The number of aromatic nitrogens is 1. The molecule has 0 aliphatic rings. The zero-order valence-corrected chi connectivity index (χ0v) is 18.6. The van der Waals surface area contributed by atoms with Crippen molar-refractivity contribution in [2.24, 2.45) is 0 Å². The summed E-state index contributed by atoms with van der Waals surface area (Å²) in [6.07, 6.45) is -4.64. The van der Waals surface area contributed by atoms with E-state index < -0.39 is 31.8 Å². The summed E-state index contributed by atoms with van der Waals surface area (Å²) in [6.45, 7) is 4.42. The Morgan fingerprint density at radius 2 is 1.59 bits per heavy atom. The highest BCUT2D eigenvalue weighted by Gasteiger charge is 2.31. The van der Waals surface area contributed by atoms with Crippen molar-refractivity contribution in [3.8, 4) is 0 Å². The van der Waals surface area contributed by atoms with Crippen molar-refractivity contribution >= 4 is 31.4 Å². The third-order valence-electron chi connectivity index (χ3n) is 4.44. The van der Waals surface area contributed by atoms with E-state index in [1.807, 2.05) is 0 Å². The van der Waals surface area contributed by atoms with Crippen LogP contribution in [0.1, 0.15) is 22.6 Å². The number of rotatable bonds is 6. The predicted molar refractivity (Wildman–Crippen MR) is 110 cm³/mol. The number of anilines is 2. The molecule has 172 valence electrons. The Morgan fingerprint density at radius 1 is 0.906 bits per heavy atom. The van der Waals surface area contributed by atoms with E-state index in [0.29, 0.717) is 11.6 Å². The van der Waals surface area contributed by atoms with Gasteiger partial charge in [0.25, 0.3) is 20.0 Å². The Kier molecular flexibility index (Phi) is 6.00. The molecule has 32 heavy (non-hydrogen) atoms. The molecule has 0 aliphatic carbocycles. The fourth-order valence-corrected chi connectivity index (χ4v) is 5.43. The lowest BCUT2D eigenvalue weighted by atomic mass is 10.2. The zero-order chi connectivity index (χ0) is 23.9. The van der Waals surface area contributed by atoms with Crippen LogP contribution in [-0.4, -0.2) is 22.0 Å². The van der Waals surface area contributed by atoms with Crippen molar-refractivity contribution < 1.29 is 34.5 Å². The van der Waals surface area contributed by atoms with Crippen LogP contribution in [0.5, 0.6) is 0 Å². The minimum absolute atomic E-state index is 0.0306. The molecule has 0 aliphatic heterocycles. The smallest absolute Gasteiger partial charge is 0.360 e. The molecule has 0 bridgehead atoms. The molecule has 0 fully saturated rings. The maximum absolute atomic E-state index is 12.9. The highest BCUT2D eigenvalue weighted by Crippen LogP contribution is 2.32. The second-order valence-electron chi connectivity index (χ2n) is 6.92. The average Bonchev–Trinajstić information content (AvgIpc) is 3.01. The summed E-state index contributed by atoms with van der Waals surface area (Å²) in [5.74, 6) is 0.0580.